The minimum absolute atomic E-state index is 0.292. The van der Waals surface area contributed by atoms with E-state index in [9.17, 15) is 13.2 Å². The zero-order chi connectivity index (χ0) is 13.1. The van der Waals surface area contributed by atoms with Crippen LogP contribution in [0.4, 0.5) is 18.9 Å². The normalized spacial score (nSPS) is 11.6. The summed E-state index contributed by atoms with van der Waals surface area (Å²) >= 11 is 3.27. The van der Waals surface area contributed by atoms with Crippen molar-refractivity contribution in [3.8, 4) is 0 Å². The fourth-order valence-electron chi connectivity index (χ4n) is 1.52. The Bertz CT molecular complexity index is 379. The molecule has 0 aliphatic rings. The quantitative estimate of drug-likeness (QED) is 0.924. The molecule has 0 saturated heterocycles. The van der Waals surface area contributed by atoms with Gasteiger partial charge in [0.2, 0.25) is 0 Å². The minimum atomic E-state index is -4.21. The van der Waals surface area contributed by atoms with E-state index in [-0.39, 0.29) is 0 Å². The highest BCUT2D eigenvalue weighted by Crippen LogP contribution is 2.29. The van der Waals surface area contributed by atoms with Crippen LogP contribution in [0.2, 0.25) is 0 Å². The zero-order valence-corrected chi connectivity index (χ0v) is 11.0. The number of hydrogen-bond acceptors (Lipinski definition) is 2. The molecule has 17 heavy (non-hydrogen) atoms. The summed E-state index contributed by atoms with van der Waals surface area (Å²) in [5.74, 6) is 0. The van der Waals surface area contributed by atoms with Gasteiger partial charge in [0.1, 0.15) is 6.54 Å². The Balaban J connectivity index is 2.96. The van der Waals surface area contributed by atoms with Crippen LogP contribution in [0.5, 0.6) is 0 Å². The summed E-state index contributed by atoms with van der Waals surface area (Å²) in [6, 6.07) is 5.13. The molecule has 0 fully saturated rings. The minimum Gasteiger partial charge on any atom is -0.362 e. The van der Waals surface area contributed by atoms with Gasteiger partial charge in [0.05, 0.1) is 5.69 Å². The Morgan fingerprint density at radius 1 is 1.35 bits per heavy atom. The Morgan fingerprint density at radius 2 is 2.00 bits per heavy atom. The molecule has 0 heterocycles. The third-order valence-corrected chi connectivity index (χ3v) is 2.98. The molecule has 0 radical (unpaired) electrons. The van der Waals surface area contributed by atoms with E-state index in [0.29, 0.717) is 23.2 Å². The van der Waals surface area contributed by atoms with Crippen molar-refractivity contribution in [1.29, 1.82) is 0 Å². The van der Waals surface area contributed by atoms with Crippen molar-refractivity contribution in [2.45, 2.75) is 19.6 Å². The van der Waals surface area contributed by atoms with E-state index in [0.717, 1.165) is 5.56 Å². The van der Waals surface area contributed by atoms with Crippen LogP contribution in [0.15, 0.2) is 22.7 Å². The third-order valence-electron chi connectivity index (χ3n) is 2.34. The fourth-order valence-corrected chi connectivity index (χ4v) is 2.19. The van der Waals surface area contributed by atoms with Crippen molar-refractivity contribution in [1.82, 2.24) is 0 Å². The van der Waals surface area contributed by atoms with Crippen LogP contribution in [0.25, 0.3) is 0 Å². The first kappa shape index (κ1) is 14.3. The lowest BCUT2D eigenvalue weighted by atomic mass is 10.2. The van der Waals surface area contributed by atoms with Gasteiger partial charge < -0.3 is 10.6 Å². The molecule has 96 valence electrons. The molecule has 0 aromatic heterocycles. The van der Waals surface area contributed by atoms with E-state index in [1.54, 1.807) is 25.1 Å². The monoisotopic (exact) mass is 310 g/mol. The molecule has 1 rings (SSSR count). The van der Waals surface area contributed by atoms with Crippen molar-refractivity contribution in [2.24, 2.45) is 5.73 Å². The average Bonchev–Trinajstić information content (AvgIpc) is 2.24. The van der Waals surface area contributed by atoms with Gasteiger partial charge in [-0.2, -0.15) is 13.2 Å². The maximum atomic E-state index is 12.4. The maximum Gasteiger partial charge on any atom is 0.405 e. The van der Waals surface area contributed by atoms with Crippen LogP contribution < -0.4 is 10.6 Å². The zero-order valence-electron chi connectivity index (χ0n) is 9.39. The van der Waals surface area contributed by atoms with Gasteiger partial charge in [0.15, 0.2) is 0 Å². The summed E-state index contributed by atoms with van der Waals surface area (Å²) in [4.78, 5) is 1.27. The van der Waals surface area contributed by atoms with E-state index >= 15 is 0 Å². The lowest BCUT2D eigenvalue weighted by Gasteiger charge is -2.25. The summed E-state index contributed by atoms with van der Waals surface area (Å²) in [6.45, 7) is 1.39. The van der Waals surface area contributed by atoms with Gasteiger partial charge in [-0.05, 0) is 40.5 Å². The van der Waals surface area contributed by atoms with Gasteiger partial charge in [-0.1, -0.05) is 6.07 Å². The van der Waals surface area contributed by atoms with E-state index in [4.69, 9.17) is 5.73 Å². The van der Waals surface area contributed by atoms with Gasteiger partial charge in [0.25, 0.3) is 0 Å². The molecule has 0 spiro atoms. The van der Waals surface area contributed by atoms with Crippen LogP contribution in [0.1, 0.15) is 12.5 Å². The second-order valence-electron chi connectivity index (χ2n) is 3.62. The van der Waals surface area contributed by atoms with Gasteiger partial charge in [-0.25, -0.2) is 0 Å². The second-order valence-corrected chi connectivity index (χ2v) is 4.47. The van der Waals surface area contributed by atoms with Gasteiger partial charge in [-0.15, -0.1) is 0 Å². The van der Waals surface area contributed by atoms with E-state index < -0.39 is 12.7 Å². The predicted octanol–water partition coefficient (Wildman–Crippen LogP) is 3.30. The number of halogens is 4. The van der Waals surface area contributed by atoms with Gasteiger partial charge in [0, 0.05) is 17.6 Å². The molecule has 2 N–H and O–H groups in total. The van der Waals surface area contributed by atoms with Crippen LogP contribution in [0.3, 0.4) is 0 Å². The predicted molar refractivity (Wildman–Crippen MR) is 66.0 cm³/mol. The molecular weight excluding hydrogens is 297 g/mol. The lowest BCUT2D eigenvalue weighted by molar-refractivity contribution is -0.119. The number of nitrogens with zero attached hydrogens (tertiary/aromatic N) is 1. The fraction of sp³-hybridized carbons (Fsp3) is 0.455. The number of nitrogens with two attached hydrogens (primary N) is 1. The smallest absolute Gasteiger partial charge is 0.362 e. The van der Waals surface area contributed by atoms with Crippen LogP contribution in [-0.4, -0.2) is 19.3 Å². The number of benzene rings is 1. The van der Waals surface area contributed by atoms with Crippen LogP contribution in [-0.2, 0) is 6.54 Å². The van der Waals surface area contributed by atoms with E-state index in [1.165, 1.54) is 4.90 Å². The summed E-state index contributed by atoms with van der Waals surface area (Å²) in [6.07, 6.45) is -4.21. The third kappa shape index (κ3) is 4.20. The standard InChI is InChI=1S/C11H14BrF3N2/c1-2-17(7-11(13,14)15)10-4-3-8(6-16)5-9(10)12/h3-5H,2,6-7,16H2,1H3. The number of hydrogen-bond donors (Lipinski definition) is 1. The van der Waals surface area contributed by atoms with Gasteiger partial charge >= 0.3 is 6.18 Å². The van der Waals surface area contributed by atoms with Crippen molar-refractivity contribution in [3.05, 3.63) is 28.2 Å². The summed E-state index contributed by atoms with van der Waals surface area (Å²) in [5, 5.41) is 0. The molecule has 0 unspecified atom stereocenters. The molecule has 0 atom stereocenters. The van der Waals surface area contributed by atoms with E-state index in [2.05, 4.69) is 15.9 Å². The molecule has 1 aromatic carbocycles. The maximum absolute atomic E-state index is 12.4. The highest BCUT2D eigenvalue weighted by Gasteiger charge is 2.30. The topological polar surface area (TPSA) is 29.3 Å². The molecule has 0 aliphatic carbocycles. The Kier molecular flexibility index (Phi) is 4.82. The molecule has 0 amide bonds. The Morgan fingerprint density at radius 3 is 2.41 bits per heavy atom. The first-order valence-corrected chi connectivity index (χ1v) is 5.97. The first-order valence-electron chi connectivity index (χ1n) is 5.17. The Hall–Kier alpha value is -0.750. The average molecular weight is 311 g/mol. The molecule has 1 aromatic rings. The molecule has 6 heteroatoms. The summed E-state index contributed by atoms with van der Waals surface area (Å²) in [5.41, 5.74) is 6.87. The van der Waals surface area contributed by atoms with Gasteiger partial charge in [-0.3, -0.25) is 0 Å². The van der Waals surface area contributed by atoms with Crippen LogP contribution >= 0.6 is 15.9 Å². The molecule has 0 aliphatic heterocycles. The second kappa shape index (κ2) is 5.73. The first-order chi connectivity index (χ1) is 7.87. The molecule has 2 nitrogen and oxygen atoms in total. The lowest BCUT2D eigenvalue weighted by Crippen LogP contribution is -2.34. The van der Waals surface area contributed by atoms with Crippen LogP contribution in [0, 0.1) is 0 Å². The highest BCUT2D eigenvalue weighted by molar-refractivity contribution is 9.10. The Labute approximate surface area is 107 Å². The summed E-state index contributed by atoms with van der Waals surface area (Å²) in [7, 11) is 0. The molecule has 0 saturated carbocycles. The number of rotatable bonds is 4. The molecular formula is C11H14BrF3N2. The SMILES string of the molecule is CCN(CC(F)(F)F)c1ccc(CN)cc1Br. The summed E-state index contributed by atoms with van der Waals surface area (Å²) < 4.78 is 37.8. The highest BCUT2D eigenvalue weighted by atomic mass is 79.9. The van der Waals surface area contributed by atoms with Crippen molar-refractivity contribution in [2.75, 3.05) is 18.0 Å². The number of alkyl halides is 3. The van der Waals surface area contributed by atoms with Crippen molar-refractivity contribution < 1.29 is 13.2 Å². The molecule has 0 bridgehead atoms. The number of anilines is 1. The van der Waals surface area contributed by atoms with E-state index in [1.807, 2.05) is 0 Å². The van der Waals surface area contributed by atoms with Crippen molar-refractivity contribution >= 4 is 21.6 Å². The largest absolute Gasteiger partial charge is 0.405 e. The van der Waals surface area contributed by atoms with Crippen molar-refractivity contribution in [3.63, 3.8) is 0 Å².